The number of hydrogen-bond donors (Lipinski definition) is 2. The molecule has 11 heteroatoms. The molecule has 2 aromatic carbocycles. The van der Waals surface area contributed by atoms with Gasteiger partial charge >= 0.3 is 5.97 Å². The maximum absolute atomic E-state index is 12.4. The van der Waals surface area contributed by atoms with Gasteiger partial charge in [0.05, 0.1) is 17.1 Å². The van der Waals surface area contributed by atoms with Crippen LogP contribution in [0.1, 0.15) is 31.1 Å². The molecule has 0 fully saturated rings. The van der Waals surface area contributed by atoms with Crippen LogP contribution in [0.3, 0.4) is 0 Å². The van der Waals surface area contributed by atoms with Gasteiger partial charge in [0, 0.05) is 18.1 Å². The van der Waals surface area contributed by atoms with Crippen LogP contribution in [0.5, 0.6) is 5.75 Å². The smallest absolute Gasteiger partial charge is 0.338 e. The topological polar surface area (TPSA) is 137 Å². The molecular formula is C24H26N4O6S. The third-order valence-electron chi connectivity index (χ3n) is 4.55. The lowest BCUT2D eigenvalue weighted by Gasteiger charge is -2.14. The van der Waals surface area contributed by atoms with Gasteiger partial charge in [0.1, 0.15) is 5.75 Å². The van der Waals surface area contributed by atoms with E-state index in [2.05, 4.69) is 20.0 Å². The molecule has 0 aliphatic rings. The van der Waals surface area contributed by atoms with Gasteiger partial charge in [0.2, 0.25) is 5.95 Å². The fourth-order valence-electron chi connectivity index (χ4n) is 2.72. The molecule has 35 heavy (non-hydrogen) atoms. The SMILES string of the molecule is CC(C)COc1ccc(C(=O)OC(C)C(=O)Nc2ccc(S(=O)(=O)Nc3ncccn3)cc2)cc1. The van der Waals surface area contributed by atoms with Crippen molar-refractivity contribution in [2.24, 2.45) is 5.92 Å². The molecule has 3 rings (SSSR count). The van der Waals surface area contributed by atoms with Crippen molar-refractivity contribution in [3.8, 4) is 5.75 Å². The molecule has 2 N–H and O–H groups in total. The first kappa shape index (κ1) is 25.6. The summed E-state index contributed by atoms with van der Waals surface area (Å²) in [6, 6.07) is 13.5. The van der Waals surface area contributed by atoms with E-state index in [-0.39, 0.29) is 16.4 Å². The first-order valence-corrected chi connectivity index (χ1v) is 12.3. The van der Waals surface area contributed by atoms with E-state index in [1.165, 1.54) is 43.6 Å². The van der Waals surface area contributed by atoms with Gasteiger partial charge < -0.3 is 14.8 Å². The molecule has 0 spiro atoms. The molecule has 184 valence electrons. The van der Waals surface area contributed by atoms with Gasteiger partial charge in [-0.3, -0.25) is 4.79 Å². The summed E-state index contributed by atoms with van der Waals surface area (Å²) in [6.07, 6.45) is 1.74. The molecule has 1 atom stereocenters. The Balaban J connectivity index is 1.55. The van der Waals surface area contributed by atoms with Crippen molar-refractivity contribution < 1.29 is 27.5 Å². The molecule has 1 heterocycles. The third kappa shape index (κ3) is 7.51. The lowest BCUT2D eigenvalue weighted by Crippen LogP contribution is -2.30. The number of aromatic nitrogens is 2. The average molecular weight is 499 g/mol. The molecule has 1 aromatic heterocycles. The number of amides is 1. The first-order chi connectivity index (χ1) is 16.6. The normalized spacial score (nSPS) is 12.0. The summed E-state index contributed by atoms with van der Waals surface area (Å²) in [7, 11) is -3.90. The summed E-state index contributed by atoms with van der Waals surface area (Å²) >= 11 is 0. The summed E-state index contributed by atoms with van der Waals surface area (Å²) in [4.78, 5) is 32.4. The lowest BCUT2D eigenvalue weighted by atomic mass is 10.2. The second-order valence-electron chi connectivity index (χ2n) is 7.97. The van der Waals surface area contributed by atoms with Crippen molar-refractivity contribution in [1.29, 1.82) is 0 Å². The minimum absolute atomic E-state index is 0.0387. The van der Waals surface area contributed by atoms with Crippen LogP contribution < -0.4 is 14.8 Å². The standard InChI is InChI=1S/C24H26N4O6S/c1-16(2)15-33-20-9-5-18(6-10-20)23(30)34-17(3)22(29)27-19-7-11-21(12-8-19)35(31,32)28-24-25-13-4-14-26-24/h4-14,16-17H,15H2,1-3H3,(H,27,29)(H,25,26,28). The number of hydrogen-bond acceptors (Lipinski definition) is 8. The van der Waals surface area contributed by atoms with E-state index in [4.69, 9.17) is 9.47 Å². The van der Waals surface area contributed by atoms with Crippen LogP contribution in [-0.4, -0.2) is 43.0 Å². The molecule has 0 aliphatic heterocycles. The Labute approximate surface area is 203 Å². The zero-order valence-electron chi connectivity index (χ0n) is 19.5. The van der Waals surface area contributed by atoms with E-state index in [1.807, 2.05) is 13.8 Å². The molecule has 0 bridgehead atoms. The summed E-state index contributed by atoms with van der Waals surface area (Å²) in [5, 5.41) is 2.59. The summed E-state index contributed by atoms with van der Waals surface area (Å²) in [5.74, 6) is -0.267. The van der Waals surface area contributed by atoms with Gasteiger partial charge in [0.15, 0.2) is 6.10 Å². The van der Waals surface area contributed by atoms with Crippen LogP contribution in [0.2, 0.25) is 0 Å². The van der Waals surface area contributed by atoms with Gasteiger partial charge in [-0.25, -0.2) is 27.9 Å². The highest BCUT2D eigenvalue weighted by Gasteiger charge is 2.20. The number of nitrogens with zero attached hydrogens (tertiary/aromatic N) is 2. The Bertz CT molecular complexity index is 1250. The third-order valence-corrected chi connectivity index (χ3v) is 5.89. The van der Waals surface area contributed by atoms with Crippen molar-refractivity contribution in [1.82, 2.24) is 9.97 Å². The maximum atomic E-state index is 12.4. The molecule has 0 saturated carbocycles. The molecule has 0 radical (unpaired) electrons. The molecule has 1 amide bonds. The highest BCUT2D eigenvalue weighted by atomic mass is 32.2. The molecule has 0 aliphatic carbocycles. The van der Waals surface area contributed by atoms with E-state index in [0.717, 1.165) is 0 Å². The fourth-order valence-corrected chi connectivity index (χ4v) is 3.68. The second kappa shape index (κ2) is 11.4. The quantitative estimate of drug-likeness (QED) is 0.405. The van der Waals surface area contributed by atoms with Gasteiger partial charge in [-0.05, 0) is 67.4 Å². The minimum atomic E-state index is -3.90. The van der Waals surface area contributed by atoms with Crippen LogP contribution >= 0.6 is 0 Å². The first-order valence-electron chi connectivity index (χ1n) is 10.8. The van der Waals surface area contributed by atoms with Crippen molar-refractivity contribution in [2.75, 3.05) is 16.6 Å². The number of esters is 1. The summed E-state index contributed by atoms with van der Waals surface area (Å²) in [5.41, 5.74) is 0.616. The Morgan fingerprint density at radius 3 is 2.17 bits per heavy atom. The summed E-state index contributed by atoms with van der Waals surface area (Å²) in [6.45, 7) is 6.07. The van der Waals surface area contributed by atoms with Crippen LogP contribution in [-0.2, 0) is 19.6 Å². The number of carbonyl (C=O) groups excluding carboxylic acids is 2. The van der Waals surface area contributed by atoms with E-state index < -0.39 is 28.0 Å². The number of carbonyl (C=O) groups is 2. The lowest BCUT2D eigenvalue weighted by molar-refractivity contribution is -0.123. The van der Waals surface area contributed by atoms with E-state index in [9.17, 15) is 18.0 Å². The number of benzene rings is 2. The second-order valence-corrected chi connectivity index (χ2v) is 9.65. The van der Waals surface area contributed by atoms with Gasteiger partial charge in [0.25, 0.3) is 15.9 Å². The minimum Gasteiger partial charge on any atom is -0.493 e. The summed E-state index contributed by atoms with van der Waals surface area (Å²) < 4.78 is 38.0. The molecule has 3 aromatic rings. The molecular weight excluding hydrogens is 472 g/mol. The van der Waals surface area contributed by atoms with Crippen molar-refractivity contribution >= 4 is 33.5 Å². The zero-order valence-corrected chi connectivity index (χ0v) is 20.3. The van der Waals surface area contributed by atoms with E-state index in [1.54, 1.807) is 30.3 Å². The van der Waals surface area contributed by atoms with Gasteiger partial charge in [-0.1, -0.05) is 13.8 Å². The number of ether oxygens (including phenoxy) is 2. The predicted molar refractivity (Wildman–Crippen MR) is 130 cm³/mol. The molecule has 0 saturated heterocycles. The van der Waals surface area contributed by atoms with Crippen LogP contribution in [0.25, 0.3) is 0 Å². The number of anilines is 2. The fraction of sp³-hybridized carbons (Fsp3) is 0.250. The Morgan fingerprint density at radius 2 is 1.57 bits per heavy atom. The van der Waals surface area contributed by atoms with Crippen molar-refractivity contribution in [3.63, 3.8) is 0 Å². The Morgan fingerprint density at radius 1 is 0.943 bits per heavy atom. The molecule has 10 nitrogen and oxygen atoms in total. The monoisotopic (exact) mass is 498 g/mol. The highest BCUT2D eigenvalue weighted by Crippen LogP contribution is 2.18. The number of rotatable bonds is 10. The zero-order chi connectivity index (χ0) is 25.4. The van der Waals surface area contributed by atoms with Gasteiger partial charge in [-0.2, -0.15) is 0 Å². The van der Waals surface area contributed by atoms with Crippen LogP contribution in [0.15, 0.2) is 71.9 Å². The highest BCUT2D eigenvalue weighted by molar-refractivity contribution is 7.92. The van der Waals surface area contributed by atoms with E-state index in [0.29, 0.717) is 24.0 Å². The van der Waals surface area contributed by atoms with Crippen LogP contribution in [0.4, 0.5) is 11.6 Å². The number of sulfonamides is 1. The Kier molecular flexibility index (Phi) is 8.37. The van der Waals surface area contributed by atoms with Crippen molar-refractivity contribution in [3.05, 3.63) is 72.6 Å². The predicted octanol–water partition coefficient (Wildman–Crippen LogP) is 3.50. The van der Waals surface area contributed by atoms with Crippen molar-refractivity contribution in [2.45, 2.75) is 31.8 Å². The van der Waals surface area contributed by atoms with E-state index >= 15 is 0 Å². The number of nitrogens with one attached hydrogen (secondary N) is 2. The average Bonchev–Trinajstić information content (AvgIpc) is 2.83. The van der Waals surface area contributed by atoms with Gasteiger partial charge in [-0.15, -0.1) is 0 Å². The Hall–Kier alpha value is -3.99. The molecule has 1 unspecified atom stereocenters. The largest absolute Gasteiger partial charge is 0.493 e. The van der Waals surface area contributed by atoms with Crippen LogP contribution in [0, 0.1) is 5.92 Å². The maximum Gasteiger partial charge on any atom is 0.338 e.